The highest BCUT2D eigenvalue weighted by Crippen LogP contribution is 1.25. The molecule has 5 heteroatoms. The number of primary amides is 2. The maximum Gasteiger partial charge on any atom is 0.309 e. The molecule has 0 heterocycles. The molecule has 2 amide bonds. The number of urea groups is 1. The molecule has 0 aliphatic heterocycles. The quantitative estimate of drug-likeness (QED) is 0.357. The Morgan fingerprint density at radius 2 is 1.33 bits per heavy atom. The van der Waals surface area contributed by atoms with Crippen LogP contribution in [0.15, 0.2) is 0 Å². The van der Waals surface area contributed by atoms with Gasteiger partial charge in [-0.15, -0.1) is 0 Å². The second kappa shape index (κ2) is 8.82. The molecular weight excluding hydrogens is 103 g/mol. The average Bonchev–Trinajstić information content (AvgIpc) is 0.811. The molecule has 0 aromatic carbocycles. The first-order chi connectivity index (χ1) is 1.73. The van der Waals surface area contributed by atoms with Gasteiger partial charge in [0.05, 0.1) is 0 Å². The van der Waals surface area contributed by atoms with Crippen LogP contribution in [0.2, 0.25) is 0 Å². The molecule has 0 fully saturated rings. The minimum atomic E-state index is -0.833. The number of hydrogen-bond donors (Lipinski definition) is 2. The van der Waals surface area contributed by atoms with Crippen molar-refractivity contribution in [3.63, 3.8) is 0 Å². The fraction of sp³-hybridized carbons (Fsp3) is 0. The standard InChI is InChI=1S/CH4N2O.H2O.H3P/c2-1(3)4;;/h(H4,2,3,4);1H2;1H3. The van der Waals surface area contributed by atoms with Crippen molar-refractivity contribution in [2.24, 2.45) is 11.5 Å². The van der Waals surface area contributed by atoms with Gasteiger partial charge in [-0.05, 0) is 0 Å². The van der Waals surface area contributed by atoms with Gasteiger partial charge in [-0.1, -0.05) is 0 Å². The van der Waals surface area contributed by atoms with Crippen LogP contribution in [0.5, 0.6) is 0 Å². The zero-order valence-electron chi connectivity index (χ0n) is 3.27. The lowest BCUT2D eigenvalue weighted by atomic mass is 11.2. The lowest BCUT2D eigenvalue weighted by molar-refractivity contribution is 0.256. The van der Waals surface area contributed by atoms with E-state index in [1.807, 2.05) is 0 Å². The summed E-state index contributed by atoms with van der Waals surface area (Å²) in [6.07, 6.45) is 0. The maximum absolute atomic E-state index is 9.00. The highest BCUT2D eigenvalue weighted by molar-refractivity contribution is 6.92. The van der Waals surface area contributed by atoms with Crippen LogP contribution in [-0.4, -0.2) is 11.5 Å². The minimum absolute atomic E-state index is 0. The molecule has 1 atom stereocenters. The zero-order valence-corrected chi connectivity index (χ0v) is 4.68. The lowest BCUT2D eigenvalue weighted by Gasteiger charge is -1.62. The minimum Gasteiger partial charge on any atom is -0.412 e. The van der Waals surface area contributed by atoms with E-state index in [9.17, 15) is 0 Å². The van der Waals surface area contributed by atoms with E-state index in [2.05, 4.69) is 11.5 Å². The summed E-state index contributed by atoms with van der Waals surface area (Å²) < 4.78 is 0. The molecule has 40 valence electrons. The number of rotatable bonds is 0. The molecule has 0 radical (unpaired) electrons. The Hall–Kier alpha value is -0.340. The number of nitrogens with two attached hydrogens (primary N) is 2. The van der Waals surface area contributed by atoms with Crippen molar-refractivity contribution in [3.8, 4) is 0 Å². The summed E-state index contributed by atoms with van der Waals surface area (Å²) in [7, 11) is 0. The summed E-state index contributed by atoms with van der Waals surface area (Å²) in [6, 6.07) is -0.833. The van der Waals surface area contributed by atoms with Crippen molar-refractivity contribution in [1.82, 2.24) is 0 Å². The molecule has 0 rings (SSSR count). The van der Waals surface area contributed by atoms with Crippen LogP contribution < -0.4 is 11.5 Å². The summed E-state index contributed by atoms with van der Waals surface area (Å²) >= 11 is 0. The van der Waals surface area contributed by atoms with Crippen LogP contribution in [0.4, 0.5) is 4.79 Å². The van der Waals surface area contributed by atoms with E-state index in [-0.39, 0.29) is 15.4 Å². The smallest absolute Gasteiger partial charge is 0.309 e. The Morgan fingerprint density at radius 3 is 1.33 bits per heavy atom. The van der Waals surface area contributed by atoms with Crippen molar-refractivity contribution in [2.45, 2.75) is 0 Å². The van der Waals surface area contributed by atoms with Crippen molar-refractivity contribution < 1.29 is 10.3 Å². The number of amides is 2. The largest absolute Gasteiger partial charge is 0.412 e. The van der Waals surface area contributed by atoms with Crippen LogP contribution in [0.1, 0.15) is 0 Å². The van der Waals surface area contributed by atoms with Gasteiger partial charge in [0, 0.05) is 0 Å². The first kappa shape index (κ1) is 17.4. The summed E-state index contributed by atoms with van der Waals surface area (Å²) in [4.78, 5) is 9.00. The van der Waals surface area contributed by atoms with Crippen molar-refractivity contribution >= 4 is 15.9 Å². The van der Waals surface area contributed by atoms with E-state index in [4.69, 9.17) is 4.79 Å². The SMILES string of the molecule is NC(N)=O.O.P. The first-order valence-corrected chi connectivity index (χ1v) is 0.781. The second-order valence-corrected chi connectivity index (χ2v) is 0.402. The third-order valence-electron chi connectivity index (χ3n) is 0. The van der Waals surface area contributed by atoms with E-state index in [1.165, 1.54) is 0 Å². The van der Waals surface area contributed by atoms with Gasteiger partial charge < -0.3 is 16.9 Å². The van der Waals surface area contributed by atoms with E-state index in [0.29, 0.717) is 0 Å². The van der Waals surface area contributed by atoms with Crippen molar-refractivity contribution in [2.75, 3.05) is 0 Å². The van der Waals surface area contributed by atoms with Gasteiger partial charge in [0.2, 0.25) is 0 Å². The summed E-state index contributed by atoms with van der Waals surface area (Å²) in [5.74, 6) is 0. The fourth-order valence-corrected chi connectivity index (χ4v) is 0. The zero-order chi connectivity index (χ0) is 3.58. The Labute approximate surface area is 38.8 Å². The molecular formula is CH9N2O2P. The van der Waals surface area contributed by atoms with Gasteiger partial charge in [-0.25, -0.2) is 4.79 Å². The molecule has 0 aromatic rings. The van der Waals surface area contributed by atoms with E-state index in [1.54, 1.807) is 0 Å². The Kier molecular flexibility index (Phi) is 25.5. The second-order valence-electron chi connectivity index (χ2n) is 0.402. The van der Waals surface area contributed by atoms with Crippen molar-refractivity contribution in [1.29, 1.82) is 0 Å². The number of carbonyl (C=O) groups excluding carboxylic acids is 1. The normalized spacial score (nSPS) is 4.00. The molecule has 0 saturated heterocycles. The summed E-state index contributed by atoms with van der Waals surface area (Å²) in [5, 5.41) is 0. The van der Waals surface area contributed by atoms with Crippen LogP contribution in [0.25, 0.3) is 0 Å². The van der Waals surface area contributed by atoms with Gasteiger partial charge in [0.25, 0.3) is 0 Å². The Morgan fingerprint density at radius 1 is 1.33 bits per heavy atom. The van der Waals surface area contributed by atoms with Crippen molar-refractivity contribution in [3.05, 3.63) is 0 Å². The molecule has 4 nitrogen and oxygen atoms in total. The third-order valence-corrected chi connectivity index (χ3v) is 0. The molecule has 0 saturated carbocycles. The van der Waals surface area contributed by atoms with Gasteiger partial charge >= 0.3 is 6.03 Å². The van der Waals surface area contributed by atoms with E-state index < -0.39 is 6.03 Å². The molecule has 0 bridgehead atoms. The molecule has 0 aliphatic rings. The molecule has 6 N–H and O–H groups in total. The number of hydrogen-bond acceptors (Lipinski definition) is 1. The van der Waals surface area contributed by atoms with Crippen LogP contribution in [0, 0.1) is 0 Å². The highest BCUT2D eigenvalue weighted by Gasteiger charge is 1.60. The maximum atomic E-state index is 9.00. The molecule has 0 aliphatic carbocycles. The lowest BCUT2D eigenvalue weighted by Crippen LogP contribution is -2.18. The van der Waals surface area contributed by atoms with Gasteiger partial charge in [-0.2, -0.15) is 9.90 Å². The van der Waals surface area contributed by atoms with Gasteiger partial charge in [0.15, 0.2) is 0 Å². The molecule has 6 heavy (non-hydrogen) atoms. The molecule has 1 unspecified atom stereocenters. The topological polar surface area (TPSA) is 101 Å². The first-order valence-electron chi connectivity index (χ1n) is 0.781. The average molecular weight is 112 g/mol. The summed E-state index contributed by atoms with van der Waals surface area (Å²) in [5.41, 5.74) is 8.50. The van der Waals surface area contributed by atoms with E-state index >= 15 is 0 Å². The molecule has 0 spiro atoms. The van der Waals surface area contributed by atoms with Crippen LogP contribution in [0.3, 0.4) is 0 Å². The Balaban J connectivity index is -0.0000000450. The van der Waals surface area contributed by atoms with Crippen LogP contribution >= 0.6 is 9.90 Å². The van der Waals surface area contributed by atoms with Crippen LogP contribution in [-0.2, 0) is 0 Å². The predicted octanol–water partition coefficient (Wildman–Crippen LogP) is -1.74. The van der Waals surface area contributed by atoms with Gasteiger partial charge in [-0.3, -0.25) is 0 Å². The Bertz CT molecular complexity index is 34.5. The monoisotopic (exact) mass is 112 g/mol. The summed E-state index contributed by atoms with van der Waals surface area (Å²) in [6.45, 7) is 0. The van der Waals surface area contributed by atoms with E-state index in [0.717, 1.165) is 0 Å². The fourth-order valence-electron chi connectivity index (χ4n) is 0. The third kappa shape index (κ3) is 224. The highest BCUT2D eigenvalue weighted by atomic mass is 31.0. The van der Waals surface area contributed by atoms with Gasteiger partial charge in [0.1, 0.15) is 0 Å². The number of carbonyl (C=O) groups is 1. The molecule has 0 aromatic heterocycles. The predicted molar refractivity (Wildman–Crippen MR) is 28.5 cm³/mol.